The molecule has 3 N–H and O–H groups in total. The molecule has 0 aliphatic heterocycles. The highest BCUT2D eigenvalue weighted by Gasteiger charge is 2.24. The standard InChI is InChI=1S/C25H27N7O3S/c1-31(16-22-20-9-5-6-10-21(20)28-29-22)25(33)24-27-23(15-17-7-3-2-4-8-17)32(30-24)18-11-13-19(14-12-18)36(26,34)35/h2-4,7-8,11-14H,5-6,9-10,15-16H2,1H3,(H,28,29)(H2,26,34,35). The molecule has 0 atom stereocenters. The van der Waals surface area contributed by atoms with Crippen LogP contribution in [0.3, 0.4) is 0 Å². The summed E-state index contributed by atoms with van der Waals surface area (Å²) in [5, 5.41) is 17.3. The van der Waals surface area contributed by atoms with Gasteiger partial charge in [0, 0.05) is 19.2 Å². The van der Waals surface area contributed by atoms with E-state index in [1.165, 1.54) is 17.7 Å². The summed E-state index contributed by atoms with van der Waals surface area (Å²) in [4.78, 5) is 19.5. The minimum Gasteiger partial charge on any atom is -0.333 e. The molecule has 0 spiro atoms. The van der Waals surface area contributed by atoms with Crippen molar-refractivity contribution in [2.24, 2.45) is 5.14 Å². The molecule has 2 aromatic heterocycles. The zero-order chi connectivity index (χ0) is 25.3. The van der Waals surface area contributed by atoms with Gasteiger partial charge in [-0.15, -0.1) is 5.10 Å². The molecular weight excluding hydrogens is 478 g/mol. The van der Waals surface area contributed by atoms with Crippen LogP contribution in [0.15, 0.2) is 59.5 Å². The van der Waals surface area contributed by atoms with Crippen molar-refractivity contribution in [2.45, 2.75) is 43.5 Å². The number of nitrogens with one attached hydrogen (secondary N) is 1. The fraction of sp³-hybridized carbons (Fsp3) is 0.280. The number of benzene rings is 2. The van der Waals surface area contributed by atoms with Crippen LogP contribution in [0.4, 0.5) is 0 Å². The molecule has 1 aliphatic carbocycles. The molecule has 4 aromatic rings. The number of aromatic nitrogens is 5. The Balaban J connectivity index is 1.45. The summed E-state index contributed by atoms with van der Waals surface area (Å²) in [7, 11) is -2.11. The summed E-state index contributed by atoms with van der Waals surface area (Å²) >= 11 is 0. The van der Waals surface area contributed by atoms with Gasteiger partial charge in [-0.2, -0.15) is 5.10 Å². The average Bonchev–Trinajstić information content (AvgIpc) is 3.48. The largest absolute Gasteiger partial charge is 0.333 e. The third kappa shape index (κ3) is 4.93. The van der Waals surface area contributed by atoms with E-state index in [0.29, 0.717) is 24.5 Å². The van der Waals surface area contributed by atoms with Crippen LogP contribution in [-0.2, 0) is 35.8 Å². The second kappa shape index (κ2) is 9.67. The first-order valence-electron chi connectivity index (χ1n) is 11.7. The van der Waals surface area contributed by atoms with Crippen molar-refractivity contribution in [1.82, 2.24) is 29.9 Å². The zero-order valence-corrected chi connectivity index (χ0v) is 20.7. The number of primary sulfonamides is 1. The number of carbonyl (C=O) groups excluding carboxylic acids is 1. The van der Waals surface area contributed by atoms with Crippen molar-refractivity contribution in [3.63, 3.8) is 0 Å². The Morgan fingerprint density at radius 3 is 2.53 bits per heavy atom. The van der Waals surface area contributed by atoms with Crippen molar-refractivity contribution in [2.75, 3.05) is 7.05 Å². The zero-order valence-electron chi connectivity index (χ0n) is 19.9. The first-order valence-corrected chi connectivity index (χ1v) is 13.3. The van der Waals surface area contributed by atoms with E-state index in [0.717, 1.165) is 42.6 Å². The maximum atomic E-state index is 13.3. The van der Waals surface area contributed by atoms with Crippen LogP contribution >= 0.6 is 0 Å². The Bertz CT molecular complexity index is 1490. The number of aryl methyl sites for hydroxylation is 1. The van der Waals surface area contributed by atoms with Crippen LogP contribution in [0.1, 0.15) is 51.8 Å². The number of sulfonamides is 1. The first kappa shape index (κ1) is 23.9. The van der Waals surface area contributed by atoms with E-state index >= 15 is 0 Å². The van der Waals surface area contributed by atoms with Crippen molar-refractivity contribution < 1.29 is 13.2 Å². The van der Waals surface area contributed by atoms with Gasteiger partial charge in [-0.1, -0.05) is 30.3 Å². The maximum Gasteiger partial charge on any atom is 0.293 e. The van der Waals surface area contributed by atoms with E-state index < -0.39 is 10.0 Å². The molecule has 1 aliphatic rings. The van der Waals surface area contributed by atoms with Gasteiger partial charge in [-0.25, -0.2) is 23.2 Å². The summed E-state index contributed by atoms with van der Waals surface area (Å²) in [6, 6.07) is 15.7. The number of hydrogen-bond acceptors (Lipinski definition) is 6. The second-order valence-corrected chi connectivity index (χ2v) is 10.5. The predicted molar refractivity (Wildman–Crippen MR) is 133 cm³/mol. The third-order valence-electron chi connectivity index (χ3n) is 6.36. The molecule has 0 unspecified atom stereocenters. The summed E-state index contributed by atoms with van der Waals surface area (Å²) in [6.45, 7) is 0.357. The predicted octanol–water partition coefficient (Wildman–Crippen LogP) is 2.38. The van der Waals surface area contributed by atoms with Crippen molar-refractivity contribution in [1.29, 1.82) is 0 Å². The summed E-state index contributed by atoms with van der Waals surface area (Å²) in [6.07, 6.45) is 4.66. The molecule has 0 saturated heterocycles. The maximum absolute atomic E-state index is 13.3. The Morgan fingerprint density at radius 2 is 1.81 bits per heavy atom. The average molecular weight is 506 g/mol. The lowest BCUT2D eigenvalue weighted by atomic mass is 9.96. The number of rotatable bonds is 7. The van der Waals surface area contributed by atoms with E-state index in [4.69, 9.17) is 5.14 Å². The van der Waals surface area contributed by atoms with Crippen LogP contribution in [0.25, 0.3) is 5.69 Å². The molecule has 1 amide bonds. The number of amides is 1. The van der Waals surface area contributed by atoms with Crippen molar-refractivity contribution in [3.05, 3.63) is 88.8 Å². The van der Waals surface area contributed by atoms with Gasteiger partial charge in [0.2, 0.25) is 15.8 Å². The van der Waals surface area contributed by atoms with E-state index in [1.807, 2.05) is 30.3 Å². The molecule has 10 nitrogen and oxygen atoms in total. The molecule has 186 valence electrons. The van der Waals surface area contributed by atoms with Crippen LogP contribution in [0.2, 0.25) is 0 Å². The van der Waals surface area contributed by atoms with Crippen LogP contribution in [-0.4, -0.2) is 51.2 Å². The molecule has 0 bridgehead atoms. The molecule has 5 rings (SSSR count). The Morgan fingerprint density at radius 1 is 1.08 bits per heavy atom. The van der Waals surface area contributed by atoms with E-state index in [-0.39, 0.29) is 16.6 Å². The molecule has 0 fully saturated rings. The van der Waals surface area contributed by atoms with Crippen LogP contribution in [0, 0.1) is 0 Å². The normalized spacial score (nSPS) is 13.4. The van der Waals surface area contributed by atoms with Gasteiger partial charge in [0.15, 0.2) is 0 Å². The van der Waals surface area contributed by atoms with Gasteiger partial charge >= 0.3 is 0 Å². The van der Waals surface area contributed by atoms with Gasteiger partial charge < -0.3 is 4.90 Å². The third-order valence-corrected chi connectivity index (χ3v) is 7.29. The van der Waals surface area contributed by atoms with Gasteiger partial charge in [0.1, 0.15) is 5.82 Å². The van der Waals surface area contributed by atoms with Gasteiger partial charge in [-0.3, -0.25) is 9.89 Å². The highest BCUT2D eigenvalue weighted by molar-refractivity contribution is 7.89. The van der Waals surface area contributed by atoms with Gasteiger partial charge in [0.05, 0.1) is 22.8 Å². The molecule has 11 heteroatoms. The van der Waals surface area contributed by atoms with Crippen molar-refractivity contribution >= 4 is 15.9 Å². The fourth-order valence-corrected chi connectivity index (χ4v) is 4.97. The molecular formula is C25H27N7O3S. The minimum atomic E-state index is -3.83. The number of nitrogens with zero attached hydrogens (tertiary/aromatic N) is 5. The number of carbonyl (C=O) groups is 1. The van der Waals surface area contributed by atoms with Gasteiger partial charge in [0.25, 0.3) is 5.91 Å². The number of nitrogens with two attached hydrogens (primary N) is 1. The SMILES string of the molecule is CN(Cc1n[nH]c2c1CCCC2)C(=O)c1nc(Cc2ccccc2)n(-c2ccc(S(N)(=O)=O)cc2)n1. The van der Waals surface area contributed by atoms with Crippen LogP contribution in [0.5, 0.6) is 0 Å². The Hall–Kier alpha value is -3.83. The fourth-order valence-electron chi connectivity index (χ4n) is 4.46. The number of fused-ring (bicyclic) bond motifs is 1. The second-order valence-electron chi connectivity index (χ2n) is 8.96. The van der Waals surface area contributed by atoms with E-state index in [9.17, 15) is 13.2 Å². The monoisotopic (exact) mass is 505 g/mol. The molecule has 0 radical (unpaired) electrons. The summed E-state index contributed by atoms with van der Waals surface area (Å²) in [5.74, 6) is 0.290. The lowest BCUT2D eigenvalue weighted by molar-refractivity contribution is 0.0771. The molecule has 0 saturated carbocycles. The smallest absolute Gasteiger partial charge is 0.293 e. The first-order chi connectivity index (χ1) is 17.3. The number of hydrogen-bond donors (Lipinski definition) is 2. The van der Waals surface area contributed by atoms with E-state index in [2.05, 4.69) is 20.3 Å². The molecule has 2 aromatic carbocycles. The lowest BCUT2D eigenvalue weighted by Crippen LogP contribution is -2.28. The van der Waals surface area contributed by atoms with Gasteiger partial charge in [-0.05, 0) is 61.1 Å². The summed E-state index contributed by atoms with van der Waals surface area (Å²) in [5.41, 5.74) is 4.82. The Kier molecular flexibility index (Phi) is 6.42. The minimum absolute atomic E-state index is 0.00524. The highest BCUT2D eigenvalue weighted by Crippen LogP contribution is 2.23. The quantitative estimate of drug-likeness (QED) is 0.395. The summed E-state index contributed by atoms with van der Waals surface area (Å²) < 4.78 is 24.9. The molecule has 36 heavy (non-hydrogen) atoms. The van der Waals surface area contributed by atoms with Crippen molar-refractivity contribution in [3.8, 4) is 5.69 Å². The molecule has 2 heterocycles. The van der Waals surface area contributed by atoms with E-state index in [1.54, 1.807) is 28.8 Å². The highest BCUT2D eigenvalue weighted by atomic mass is 32.2. The Labute approximate surface area is 209 Å². The topological polar surface area (TPSA) is 140 Å². The lowest BCUT2D eigenvalue weighted by Gasteiger charge is -2.16. The number of aromatic amines is 1. The number of H-pyrrole nitrogens is 1. The van der Waals surface area contributed by atoms with Crippen LogP contribution < -0.4 is 5.14 Å².